The molecule has 0 radical (unpaired) electrons. The Morgan fingerprint density at radius 3 is 2.31 bits per heavy atom. The van der Waals surface area contributed by atoms with E-state index in [0.29, 0.717) is 10.5 Å². The molecule has 6 heteroatoms. The van der Waals surface area contributed by atoms with E-state index >= 15 is 0 Å². The lowest BCUT2D eigenvalue weighted by atomic mass is 9.70. The first-order valence-corrected chi connectivity index (χ1v) is 21.1. The third-order valence-corrected chi connectivity index (χ3v) is 16.9. The quantitative estimate of drug-likeness (QED) is 0.138. The van der Waals surface area contributed by atoms with Crippen LogP contribution in [0.25, 0.3) is 0 Å². The molecule has 1 spiro atoms. The van der Waals surface area contributed by atoms with Crippen molar-refractivity contribution in [3.05, 3.63) is 93.8 Å². The largest absolute Gasteiger partial charge is 0.489 e. The van der Waals surface area contributed by atoms with Gasteiger partial charge in [0.2, 0.25) is 0 Å². The van der Waals surface area contributed by atoms with Crippen LogP contribution in [0.15, 0.2) is 54.6 Å². The summed E-state index contributed by atoms with van der Waals surface area (Å²) in [6.07, 6.45) is 5.27. The van der Waals surface area contributed by atoms with Crippen LogP contribution in [0.4, 0.5) is 0 Å². The number of ether oxygens (including phenoxy) is 2. The van der Waals surface area contributed by atoms with Crippen molar-refractivity contribution in [1.82, 2.24) is 4.98 Å². The number of fused-ring (bicyclic) bond motifs is 4. The van der Waals surface area contributed by atoms with Crippen molar-refractivity contribution < 1.29 is 13.9 Å². The molecule has 6 rings (SSSR count). The molecule has 2 heterocycles. The number of rotatable bonds is 7. The molecular weight excluding hydrogens is 685 g/mol. The molecule has 3 aromatic rings. The molecule has 1 saturated carbocycles. The Morgan fingerprint density at radius 2 is 1.71 bits per heavy atom. The standard InChI is InChI=1S/C39H52INO3Si/c1-25(2)35-33-34(32-29(41-35)22-38(6,7)23-30(32)44-45(8,9)37(3,4)5)39(21-13-16-31(39)40)43-36(33)27-17-19-28(20-18-27)42-24-26-14-11-10-12-15-26/h10-12,14-15,17-20,25,30-31,36H,13,16,21-24H2,1-9H3/t30-,31?,36+,39?/m0/s1. The lowest BCUT2D eigenvalue weighted by Gasteiger charge is -2.45. The minimum absolute atomic E-state index is 0.0318. The summed E-state index contributed by atoms with van der Waals surface area (Å²) in [6, 6.07) is 19.0. The lowest BCUT2D eigenvalue weighted by Crippen LogP contribution is -2.44. The van der Waals surface area contributed by atoms with Gasteiger partial charge in [0, 0.05) is 32.0 Å². The Balaban J connectivity index is 1.48. The zero-order valence-electron chi connectivity index (χ0n) is 28.8. The second-order valence-corrected chi connectivity index (χ2v) is 22.6. The molecule has 0 saturated heterocycles. The number of halogens is 1. The van der Waals surface area contributed by atoms with Gasteiger partial charge in [-0.2, -0.15) is 0 Å². The number of hydrogen-bond donors (Lipinski definition) is 0. The predicted octanol–water partition coefficient (Wildman–Crippen LogP) is 11.1. The smallest absolute Gasteiger partial charge is 0.192 e. The topological polar surface area (TPSA) is 40.6 Å². The predicted molar refractivity (Wildman–Crippen MR) is 195 cm³/mol. The van der Waals surface area contributed by atoms with Crippen molar-refractivity contribution in [2.24, 2.45) is 5.41 Å². The monoisotopic (exact) mass is 737 g/mol. The number of aromatic nitrogens is 1. The second kappa shape index (κ2) is 12.1. The summed E-state index contributed by atoms with van der Waals surface area (Å²) < 4.78 is 21.5. The Kier molecular flexibility index (Phi) is 8.88. The molecule has 1 fully saturated rings. The molecule has 4 atom stereocenters. The van der Waals surface area contributed by atoms with Gasteiger partial charge in [-0.1, -0.05) is 114 Å². The van der Waals surface area contributed by atoms with E-state index in [0.717, 1.165) is 25.0 Å². The average Bonchev–Trinajstić information content (AvgIpc) is 3.50. The number of pyridine rings is 1. The van der Waals surface area contributed by atoms with E-state index < -0.39 is 8.32 Å². The maximum absolute atomic E-state index is 7.47. The fraction of sp³-hybridized carbons (Fsp3) is 0.564. The van der Waals surface area contributed by atoms with Crippen LogP contribution in [0.1, 0.15) is 131 Å². The Bertz CT molecular complexity index is 1530. The van der Waals surface area contributed by atoms with Gasteiger partial charge < -0.3 is 13.9 Å². The maximum atomic E-state index is 7.47. The Morgan fingerprint density at radius 1 is 1.02 bits per heavy atom. The third-order valence-electron chi connectivity index (χ3n) is 10.8. The van der Waals surface area contributed by atoms with Crippen LogP contribution in [-0.4, -0.2) is 17.2 Å². The molecule has 45 heavy (non-hydrogen) atoms. The van der Waals surface area contributed by atoms with E-state index in [1.165, 1.54) is 52.0 Å². The van der Waals surface area contributed by atoms with E-state index in [1.54, 1.807) is 0 Å². The van der Waals surface area contributed by atoms with Crippen molar-refractivity contribution >= 4 is 30.9 Å². The number of nitrogens with zero attached hydrogens (tertiary/aromatic N) is 1. The van der Waals surface area contributed by atoms with E-state index in [2.05, 4.69) is 133 Å². The second-order valence-electron chi connectivity index (χ2n) is 16.3. The first-order chi connectivity index (χ1) is 21.1. The number of hydrogen-bond acceptors (Lipinski definition) is 4. The van der Waals surface area contributed by atoms with Crippen LogP contribution in [-0.2, 0) is 27.8 Å². The summed E-state index contributed by atoms with van der Waals surface area (Å²) in [7, 11) is -2.06. The molecule has 0 bridgehead atoms. The van der Waals surface area contributed by atoms with Crippen molar-refractivity contribution in [2.75, 3.05) is 0 Å². The first kappa shape index (κ1) is 33.2. The summed E-state index contributed by atoms with van der Waals surface area (Å²) in [4.78, 5) is 5.59. The van der Waals surface area contributed by atoms with Crippen molar-refractivity contribution in [1.29, 1.82) is 0 Å². The normalized spacial score (nSPS) is 25.9. The highest BCUT2D eigenvalue weighted by molar-refractivity contribution is 14.1. The number of alkyl halides is 1. The van der Waals surface area contributed by atoms with Gasteiger partial charge in [0.05, 0.1) is 6.10 Å². The molecule has 0 amide bonds. The van der Waals surface area contributed by atoms with Crippen LogP contribution in [0, 0.1) is 5.41 Å². The molecule has 1 aromatic heterocycles. The van der Waals surface area contributed by atoms with Gasteiger partial charge in [-0.25, -0.2) is 0 Å². The van der Waals surface area contributed by atoms with Crippen LogP contribution >= 0.6 is 22.6 Å². The summed E-state index contributed by atoms with van der Waals surface area (Å²) >= 11 is 2.70. The van der Waals surface area contributed by atoms with Gasteiger partial charge in [-0.05, 0) is 84.8 Å². The highest BCUT2D eigenvalue weighted by atomic mass is 127. The van der Waals surface area contributed by atoms with Crippen molar-refractivity contribution in [2.45, 2.75) is 133 Å². The van der Waals surface area contributed by atoms with E-state index in [4.69, 9.17) is 18.9 Å². The molecule has 2 aliphatic carbocycles. The number of benzene rings is 2. The SMILES string of the molecule is CC(C)c1nc2c(c3c1[C@@H](c1ccc(OCc4ccccc4)cc1)OC31CCCC1I)[C@@H](O[Si](C)(C)C(C)(C)C)CC(C)(C)C2. The molecule has 0 N–H and O–H groups in total. The summed E-state index contributed by atoms with van der Waals surface area (Å²) in [6.45, 7) is 21.8. The maximum Gasteiger partial charge on any atom is 0.192 e. The van der Waals surface area contributed by atoms with E-state index in [-0.39, 0.29) is 34.2 Å². The summed E-state index contributed by atoms with van der Waals surface area (Å²) in [5.74, 6) is 1.17. The van der Waals surface area contributed by atoms with Gasteiger partial charge in [0.1, 0.15) is 24.1 Å². The van der Waals surface area contributed by atoms with Crippen LogP contribution in [0.3, 0.4) is 0 Å². The van der Waals surface area contributed by atoms with E-state index in [1.807, 2.05) is 6.07 Å². The minimum atomic E-state index is -2.06. The van der Waals surface area contributed by atoms with Gasteiger partial charge in [-0.15, -0.1) is 0 Å². The Hall–Kier alpha value is -1.74. The van der Waals surface area contributed by atoms with Crippen molar-refractivity contribution in [3.63, 3.8) is 0 Å². The zero-order chi connectivity index (χ0) is 32.4. The lowest BCUT2D eigenvalue weighted by molar-refractivity contribution is -0.0515. The molecule has 4 nitrogen and oxygen atoms in total. The molecule has 242 valence electrons. The van der Waals surface area contributed by atoms with Crippen LogP contribution in [0.2, 0.25) is 18.1 Å². The minimum Gasteiger partial charge on any atom is -0.489 e. The van der Waals surface area contributed by atoms with Crippen molar-refractivity contribution in [3.8, 4) is 5.75 Å². The average molecular weight is 738 g/mol. The molecule has 2 aromatic carbocycles. The fourth-order valence-electron chi connectivity index (χ4n) is 7.48. The van der Waals surface area contributed by atoms with Gasteiger partial charge in [0.15, 0.2) is 8.32 Å². The Labute approximate surface area is 286 Å². The zero-order valence-corrected chi connectivity index (χ0v) is 32.0. The van der Waals surface area contributed by atoms with E-state index in [9.17, 15) is 0 Å². The van der Waals surface area contributed by atoms with Crippen LogP contribution < -0.4 is 4.74 Å². The first-order valence-electron chi connectivity index (χ1n) is 17.0. The molecule has 3 aliphatic rings. The highest BCUT2D eigenvalue weighted by Gasteiger charge is 2.57. The molecular formula is C39H52INO3Si. The summed E-state index contributed by atoms with van der Waals surface area (Å²) in [5.41, 5.74) is 8.71. The third kappa shape index (κ3) is 6.18. The molecule has 2 unspecified atom stereocenters. The van der Waals surface area contributed by atoms with Gasteiger partial charge in [-0.3, -0.25) is 4.98 Å². The summed E-state index contributed by atoms with van der Waals surface area (Å²) in [5, 5.41) is 0.128. The van der Waals surface area contributed by atoms with Crippen LogP contribution in [0.5, 0.6) is 5.75 Å². The van der Waals surface area contributed by atoms with Gasteiger partial charge in [0.25, 0.3) is 0 Å². The highest BCUT2D eigenvalue weighted by Crippen LogP contribution is 2.62. The molecule has 1 aliphatic heterocycles. The fourth-order valence-corrected chi connectivity index (χ4v) is 9.96. The van der Waals surface area contributed by atoms with Gasteiger partial charge >= 0.3 is 0 Å².